The Balaban J connectivity index is 4.19. The lowest BCUT2D eigenvalue weighted by molar-refractivity contribution is -0.163. The topological polar surface area (TPSA) is 61.8 Å². The molecule has 5 heteroatoms. The molecule has 0 aromatic carbocycles. The molecule has 1 unspecified atom stereocenters. The van der Waals surface area contributed by atoms with E-state index in [1.807, 2.05) is 0 Å². The molecule has 0 saturated heterocycles. The molecule has 0 heterocycles. The van der Waals surface area contributed by atoms with Gasteiger partial charge in [0.05, 0.1) is 6.61 Å². The predicted octanol–water partition coefficient (Wildman–Crippen LogP) is 16.0. The van der Waals surface area contributed by atoms with Gasteiger partial charge in [-0.2, -0.15) is 0 Å². The van der Waals surface area contributed by atoms with Gasteiger partial charge in [-0.15, -0.1) is 0 Å². The second kappa shape index (κ2) is 47.2. The van der Waals surface area contributed by atoms with Crippen LogP contribution in [0.5, 0.6) is 0 Å². The van der Waals surface area contributed by atoms with Crippen LogP contribution in [0.25, 0.3) is 0 Å². The number of hydrogen-bond acceptors (Lipinski definition) is 5. The summed E-state index contributed by atoms with van der Waals surface area (Å²) in [6, 6.07) is 0. The number of ether oxygens (including phenoxy) is 3. The Morgan fingerprint density at radius 1 is 0.411 bits per heavy atom. The zero-order valence-corrected chi connectivity index (χ0v) is 37.4. The van der Waals surface area contributed by atoms with Crippen molar-refractivity contribution in [3.8, 4) is 0 Å². The SMILES string of the molecule is CC/C=C\C/C=C\C/C=C\CCCCCCCC(=O)OC(COCCCCCCCCCC)COC(=O)CCCCCCCCC/C=C\CCCCCCCC. The number of unbranched alkanes of at least 4 members (excludes halogenated alkanes) is 25. The summed E-state index contributed by atoms with van der Waals surface area (Å²) in [7, 11) is 0. The molecule has 56 heavy (non-hydrogen) atoms. The minimum Gasteiger partial charge on any atom is -0.462 e. The maximum absolute atomic E-state index is 12.7. The van der Waals surface area contributed by atoms with Gasteiger partial charge in [0.2, 0.25) is 0 Å². The molecule has 0 saturated carbocycles. The van der Waals surface area contributed by atoms with Gasteiger partial charge in [0.25, 0.3) is 0 Å². The largest absolute Gasteiger partial charge is 0.462 e. The van der Waals surface area contributed by atoms with Crippen molar-refractivity contribution in [1.82, 2.24) is 0 Å². The quantitative estimate of drug-likeness (QED) is 0.0350. The third-order valence-electron chi connectivity index (χ3n) is 10.3. The third-order valence-corrected chi connectivity index (χ3v) is 10.3. The van der Waals surface area contributed by atoms with E-state index in [0.717, 1.165) is 70.6 Å². The van der Waals surface area contributed by atoms with Crippen molar-refractivity contribution in [2.75, 3.05) is 19.8 Å². The van der Waals surface area contributed by atoms with Crippen molar-refractivity contribution in [2.24, 2.45) is 0 Å². The highest BCUT2D eigenvalue weighted by atomic mass is 16.6. The monoisotopic (exact) mass is 785 g/mol. The van der Waals surface area contributed by atoms with Crippen molar-refractivity contribution in [3.63, 3.8) is 0 Å². The van der Waals surface area contributed by atoms with Crippen LogP contribution in [0.15, 0.2) is 48.6 Å². The summed E-state index contributed by atoms with van der Waals surface area (Å²) in [4.78, 5) is 25.3. The summed E-state index contributed by atoms with van der Waals surface area (Å²) in [5, 5.41) is 0. The zero-order chi connectivity index (χ0) is 40.7. The molecule has 0 aliphatic heterocycles. The van der Waals surface area contributed by atoms with Crippen LogP contribution in [0, 0.1) is 0 Å². The Morgan fingerprint density at radius 3 is 1.30 bits per heavy atom. The first-order valence-electron chi connectivity index (χ1n) is 24.2. The van der Waals surface area contributed by atoms with Gasteiger partial charge < -0.3 is 14.2 Å². The molecule has 0 bridgehead atoms. The van der Waals surface area contributed by atoms with Gasteiger partial charge in [-0.05, 0) is 77.0 Å². The molecule has 0 rings (SSSR count). The lowest BCUT2D eigenvalue weighted by Gasteiger charge is -2.18. The molecule has 0 aliphatic carbocycles. The number of carbonyl (C=O) groups excluding carboxylic acids is 2. The van der Waals surface area contributed by atoms with Crippen LogP contribution in [0.3, 0.4) is 0 Å². The average Bonchev–Trinajstić information content (AvgIpc) is 3.20. The Kier molecular flexibility index (Phi) is 45.4. The number of hydrogen-bond donors (Lipinski definition) is 0. The molecular weight excluding hydrogens is 693 g/mol. The molecule has 0 N–H and O–H groups in total. The highest BCUT2D eigenvalue weighted by Gasteiger charge is 2.17. The first kappa shape index (κ1) is 53.9. The van der Waals surface area contributed by atoms with Crippen LogP contribution in [0.4, 0.5) is 0 Å². The van der Waals surface area contributed by atoms with Crippen molar-refractivity contribution < 1.29 is 23.8 Å². The molecular formula is C51H92O5. The van der Waals surface area contributed by atoms with Crippen molar-refractivity contribution >= 4 is 11.9 Å². The van der Waals surface area contributed by atoms with E-state index < -0.39 is 6.10 Å². The summed E-state index contributed by atoms with van der Waals surface area (Å²) in [5.74, 6) is -0.417. The van der Waals surface area contributed by atoms with E-state index in [9.17, 15) is 9.59 Å². The lowest BCUT2D eigenvalue weighted by Crippen LogP contribution is -2.30. The van der Waals surface area contributed by atoms with E-state index in [-0.39, 0.29) is 25.2 Å². The van der Waals surface area contributed by atoms with Crippen LogP contribution < -0.4 is 0 Å². The van der Waals surface area contributed by atoms with Gasteiger partial charge in [-0.3, -0.25) is 9.59 Å². The Bertz CT molecular complexity index is 935. The number of carbonyl (C=O) groups is 2. The maximum atomic E-state index is 12.7. The normalized spacial score (nSPS) is 12.6. The van der Waals surface area contributed by atoms with Crippen LogP contribution in [-0.2, 0) is 23.8 Å². The molecule has 326 valence electrons. The van der Waals surface area contributed by atoms with Gasteiger partial charge in [-0.1, -0.05) is 198 Å². The summed E-state index contributed by atoms with van der Waals surface area (Å²) in [5.41, 5.74) is 0. The van der Waals surface area contributed by atoms with Crippen LogP contribution in [-0.4, -0.2) is 37.9 Å². The second-order valence-corrected chi connectivity index (χ2v) is 16.0. The van der Waals surface area contributed by atoms with Crippen LogP contribution >= 0.6 is 0 Å². The third kappa shape index (κ3) is 44.6. The average molecular weight is 785 g/mol. The maximum Gasteiger partial charge on any atom is 0.306 e. The molecule has 0 fully saturated rings. The molecule has 0 aromatic rings. The molecule has 0 aromatic heterocycles. The number of rotatable bonds is 44. The standard InChI is InChI=1S/C51H92O5/c1-4-7-10-13-16-19-21-23-25-26-28-29-31-33-35-38-41-44-50(52)55-48-49(47-54-46-43-40-37-18-15-12-9-6-3)56-51(53)45-42-39-36-34-32-30-27-24-22-20-17-14-11-8-5-2/h8,11,17,20,23-25,27,49H,4-7,9-10,12-16,18-19,21-22,26,28-48H2,1-3H3/b11-8-,20-17-,25-23-,27-24-. The Morgan fingerprint density at radius 2 is 0.804 bits per heavy atom. The Labute approximate surface area is 348 Å². The molecule has 1 atom stereocenters. The zero-order valence-electron chi connectivity index (χ0n) is 37.4. The number of allylic oxidation sites excluding steroid dienone is 8. The van der Waals surface area contributed by atoms with Crippen molar-refractivity contribution in [3.05, 3.63) is 48.6 Å². The van der Waals surface area contributed by atoms with Crippen molar-refractivity contribution in [2.45, 2.75) is 245 Å². The molecule has 0 spiro atoms. The second-order valence-electron chi connectivity index (χ2n) is 16.0. The molecule has 0 aliphatic rings. The fraction of sp³-hybridized carbons (Fsp3) is 0.804. The van der Waals surface area contributed by atoms with Gasteiger partial charge in [-0.25, -0.2) is 0 Å². The van der Waals surface area contributed by atoms with Crippen molar-refractivity contribution in [1.29, 1.82) is 0 Å². The summed E-state index contributed by atoms with van der Waals surface area (Å²) < 4.78 is 17.3. The van der Waals surface area contributed by atoms with Crippen LogP contribution in [0.2, 0.25) is 0 Å². The van der Waals surface area contributed by atoms with E-state index in [1.54, 1.807) is 0 Å². The Hall–Kier alpha value is -2.14. The summed E-state index contributed by atoms with van der Waals surface area (Å²) >= 11 is 0. The number of esters is 2. The highest BCUT2D eigenvalue weighted by molar-refractivity contribution is 5.70. The first-order valence-corrected chi connectivity index (χ1v) is 24.2. The predicted molar refractivity (Wildman–Crippen MR) is 242 cm³/mol. The minimum atomic E-state index is -0.541. The van der Waals surface area contributed by atoms with Crippen LogP contribution in [0.1, 0.15) is 239 Å². The summed E-state index contributed by atoms with van der Waals surface area (Å²) in [6.07, 6.45) is 56.8. The fourth-order valence-electron chi connectivity index (χ4n) is 6.75. The van der Waals surface area contributed by atoms with E-state index in [1.165, 1.54) is 135 Å². The fourth-order valence-corrected chi connectivity index (χ4v) is 6.75. The molecule has 0 amide bonds. The van der Waals surface area contributed by atoms with Gasteiger partial charge in [0, 0.05) is 19.4 Å². The molecule has 0 radical (unpaired) electrons. The van der Waals surface area contributed by atoms with Gasteiger partial charge >= 0.3 is 11.9 Å². The lowest BCUT2D eigenvalue weighted by atomic mass is 10.1. The minimum absolute atomic E-state index is 0.0780. The first-order chi connectivity index (χ1) is 27.6. The van der Waals surface area contributed by atoms with E-state index >= 15 is 0 Å². The van der Waals surface area contributed by atoms with E-state index in [4.69, 9.17) is 14.2 Å². The summed E-state index contributed by atoms with van der Waals surface area (Å²) in [6.45, 7) is 7.69. The van der Waals surface area contributed by atoms with E-state index in [0.29, 0.717) is 19.4 Å². The highest BCUT2D eigenvalue weighted by Crippen LogP contribution is 2.14. The van der Waals surface area contributed by atoms with Gasteiger partial charge in [0.15, 0.2) is 6.10 Å². The van der Waals surface area contributed by atoms with Gasteiger partial charge in [0.1, 0.15) is 6.61 Å². The smallest absolute Gasteiger partial charge is 0.306 e. The molecule has 5 nitrogen and oxygen atoms in total. The van der Waals surface area contributed by atoms with E-state index in [2.05, 4.69) is 69.4 Å².